The van der Waals surface area contributed by atoms with E-state index < -0.39 is 18.2 Å². The SMILES string of the molecule is Cc1cc(-c2cncc(N(C(N)=O)[C@H]3CCCN(C(=O)O)C3)n2)ccc1OCC1(C)COC1. The third kappa shape index (κ3) is 5.00. The molecule has 2 saturated heterocycles. The fourth-order valence-corrected chi connectivity index (χ4v) is 4.19. The number of carbonyl (C=O) groups is 2. The van der Waals surface area contributed by atoms with E-state index in [0.717, 1.165) is 16.9 Å². The van der Waals surface area contributed by atoms with Crippen LogP contribution in [-0.2, 0) is 4.74 Å². The quantitative estimate of drug-likeness (QED) is 0.685. The molecule has 10 nitrogen and oxygen atoms in total. The van der Waals surface area contributed by atoms with Gasteiger partial charge in [0.05, 0.1) is 44.0 Å². The van der Waals surface area contributed by atoms with Crippen LogP contribution in [-0.4, -0.2) is 71.1 Å². The zero-order chi connectivity index (χ0) is 23.6. The van der Waals surface area contributed by atoms with Gasteiger partial charge in [-0.05, 0) is 43.5 Å². The van der Waals surface area contributed by atoms with Crippen LogP contribution in [0, 0.1) is 12.3 Å². The van der Waals surface area contributed by atoms with Gasteiger partial charge in [-0.15, -0.1) is 0 Å². The number of nitrogens with zero attached hydrogens (tertiary/aromatic N) is 4. The van der Waals surface area contributed by atoms with Gasteiger partial charge in [0.15, 0.2) is 5.82 Å². The lowest BCUT2D eigenvalue weighted by Crippen LogP contribution is -2.53. The monoisotopic (exact) mass is 455 g/mol. The molecule has 2 aromatic rings. The minimum Gasteiger partial charge on any atom is -0.493 e. The largest absolute Gasteiger partial charge is 0.493 e. The predicted molar refractivity (Wildman–Crippen MR) is 121 cm³/mol. The maximum absolute atomic E-state index is 12.3. The number of piperidine rings is 1. The summed E-state index contributed by atoms with van der Waals surface area (Å²) in [7, 11) is 0. The molecule has 33 heavy (non-hydrogen) atoms. The third-order valence-corrected chi connectivity index (χ3v) is 6.09. The predicted octanol–water partition coefficient (Wildman–Crippen LogP) is 2.89. The van der Waals surface area contributed by atoms with E-state index in [1.165, 1.54) is 16.0 Å². The number of likely N-dealkylation sites (tertiary alicyclic amines) is 1. The van der Waals surface area contributed by atoms with Crippen molar-refractivity contribution >= 4 is 17.9 Å². The van der Waals surface area contributed by atoms with E-state index in [4.69, 9.17) is 15.2 Å². The number of hydrogen-bond donors (Lipinski definition) is 2. The number of hydrogen-bond acceptors (Lipinski definition) is 6. The molecular weight excluding hydrogens is 426 g/mol. The lowest BCUT2D eigenvalue weighted by molar-refractivity contribution is -0.120. The van der Waals surface area contributed by atoms with E-state index in [1.54, 1.807) is 6.20 Å². The van der Waals surface area contributed by atoms with Crippen LogP contribution < -0.4 is 15.4 Å². The Bertz CT molecular complexity index is 1040. The molecule has 0 spiro atoms. The van der Waals surface area contributed by atoms with Gasteiger partial charge >= 0.3 is 12.1 Å². The van der Waals surface area contributed by atoms with Crippen molar-refractivity contribution in [2.45, 2.75) is 32.7 Å². The van der Waals surface area contributed by atoms with Crippen LogP contribution in [0.1, 0.15) is 25.3 Å². The average molecular weight is 456 g/mol. The van der Waals surface area contributed by atoms with Gasteiger partial charge in [-0.25, -0.2) is 14.6 Å². The number of benzene rings is 1. The van der Waals surface area contributed by atoms with Gasteiger partial charge in [0.2, 0.25) is 0 Å². The van der Waals surface area contributed by atoms with Crippen LogP contribution in [0.15, 0.2) is 30.6 Å². The molecule has 4 rings (SSSR count). The Morgan fingerprint density at radius 2 is 2.15 bits per heavy atom. The highest BCUT2D eigenvalue weighted by atomic mass is 16.5. The van der Waals surface area contributed by atoms with E-state index in [0.29, 0.717) is 50.7 Å². The average Bonchev–Trinajstić information content (AvgIpc) is 2.77. The third-order valence-electron chi connectivity index (χ3n) is 6.09. The maximum atomic E-state index is 12.3. The second-order valence-corrected chi connectivity index (χ2v) is 9.07. The normalized spacial score (nSPS) is 19.5. The van der Waals surface area contributed by atoms with Crippen molar-refractivity contribution in [1.29, 1.82) is 0 Å². The first kappa shape index (κ1) is 22.8. The molecule has 3 N–H and O–H groups in total. The number of aromatic nitrogens is 2. The summed E-state index contributed by atoms with van der Waals surface area (Å²) < 4.78 is 11.3. The number of amides is 3. The van der Waals surface area contributed by atoms with E-state index in [9.17, 15) is 14.7 Å². The highest BCUT2D eigenvalue weighted by molar-refractivity contribution is 5.90. The van der Waals surface area contributed by atoms with Crippen molar-refractivity contribution in [2.24, 2.45) is 11.1 Å². The first-order chi connectivity index (χ1) is 15.8. The Kier molecular flexibility index (Phi) is 6.37. The summed E-state index contributed by atoms with van der Waals surface area (Å²) >= 11 is 0. The number of rotatable bonds is 6. The topological polar surface area (TPSA) is 131 Å². The Morgan fingerprint density at radius 3 is 2.79 bits per heavy atom. The molecule has 3 amide bonds. The highest BCUT2D eigenvalue weighted by Crippen LogP contribution is 2.31. The van der Waals surface area contributed by atoms with E-state index in [2.05, 4.69) is 16.9 Å². The van der Waals surface area contributed by atoms with Crippen LogP contribution in [0.5, 0.6) is 5.75 Å². The molecule has 2 fully saturated rings. The molecule has 10 heteroatoms. The van der Waals surface area contributed by atoms with E-state index in [1.807, 2.05) is 25.1 Å². The van der Waals surface area contributed by atoms with Crippen molar-refractivity contribution in [3.63, 3.8) is 0 Å². The molecule has 2 aliphatic rings. The first-order valence-electron chi connectivity index (χ1n) is 11.0. The number of ether oxygens (including phenoxy) is 2. The maximum Gasteiger partial charge on any atom is 0.407 e. The molecule has 0 radical (unpaired) electrons. The number of primary amides is 1. The summed E-state index contributed by atoms with van der Waals surface area (Å²) in [5.41, 5.74) is 8.09. The molecular formula is C23H29N5O5. The van der Waals surface area contributed by atoms with E-state index >= 15 is 0 Å². The molecule has 0 saturated carbocycles. The summed E-state index contributed by atoms with van der Waals surface area (Å²) in [4.78, 5) is 35.2. The molecule has 0 aliphatic carbocycles. The summed E-state index contributed by atoms with van der Waals surface area (Å²) in [6.07, 6.45) is 3.35. The van der Waals surface area contributed by atoms with Crippen molar-refractivity contribution < 1.29 is 24.2 Å². The van der Waals surface area contributed by atoms with Gasteiger partial charge in [-0.3, -0.25) is 9.88 Å². The smallest absolute Gasteiger partial charge is 0.407 e. The van der Waals surface area contributed by atoms with Crippen molar-refractivity contribution in [2.75, 3.05) is 37.8 Å². The summed E-state index contributed by atoms with van der Waals surface area (Å²) in [5, 5.41) is 9.33. The van der Waals surface area contributed by atoms with Gasteiger partial charge in [0.1, 0.15) is 5.75 Å². The molecule has 1 aromatic heterocycles. The van der Waals surface area contributed by atoms with Crippen LogP contribution in [0.25, 0.3) is 11.3 Å². The number of nitrogens with two attached hydrogens (primary N) is 1. The van der Waals surface area contributed by atoms with Gasteiger partial charge in [-0.2, -0.15) is 0 Å². The van der Waals surface area contributed by atoms with Gasteiger partial charge in [0, 0.05) is 24.1 Å². The molecule has 1 atom stereocenters. The van der Waals surface area contributed by atoms with Crippen LogP contribution in [0.4, 0.5) is 15.4 Å². The highest BCUT2D eigenvalue weighted by Gasteiger charge is 2.34. The number of carboxylic acid groups (broad SMARTS) is 1. The lowest BCUT2D eigenvalue weighted by Gasteiger charge is -2.37. The van der Waals surface area contributed by atoms with Gasteiger partial charge in [-0.1, -0.05) is 6.92 Å². The Labute approximate surface area is 192 Å². The summed E-state index contributed by atoms with van der Waals surface area (Å²) in [5.74, 6) is 1.10. The van der Waals surface area contributed by atoms with Crippen LogP contribution in [0.3, 0.4) is 0 Å². The fraction of sp³-hybridized carbons (Fsp3) is 0.478. The summed E-state index contributed by atoms with van der Waals surface area (Å²) in [6.45, 7) is 6.71. The number of urea groups is 1. The fourth-order valence-electron chi connectivity index (χ4n) is 4.19. The second-order valence-electron chi connectivity index (χ2n) is 9.07. The minimum absolute atomic E-state index is 0.0540. The van der Waals surface area contributed by atoms with Crippen molar-refractivity contribution in [3.05, 3.63) is 36.2 Å². The second kappa shape index (κ2) is 9.22. The van der Waals surface area contributed by atoms with E-state index in [-0.39, 0.29) is 12.0 Å². The minimum atomic E-state index is -1.01. The lowest BCUT2D eigenvalue weighted by atomic mass is 9.90. The Balaban J connectivity index is 1.54. The zero-order valence-electron chi connectivity index (χ0n) is 18.9. The zero-order valence-corrected chi connectivity index (χ0v) is 18.9. The van der Waals surface area contributed by atoms with Crippen LogP contribution in [0.2, 0.25) is 0 Å². The Hall–Kier alpha value is -3.40. The van der Waals surface area contributed by atoms with Crippen molar-refractivity contribution in [3.8, 4) is 17.0 Å². The van der Waals surface area contributed by atoms with Gasteiger partial charge < -0.3 is 25.2 Å². The van der Waals surface area contributed by atoms with Crippen molar-refractivity contribution in [1.82, 2.24) is 14.9 Å². The number of anilines is 1. The first-order valence-corrected chi connectivity index (χ1v) is 11.0. The molecule has 0 unspecified atom stereocenters. The number of carbonyl (C=O) groups excluding carboxylic acids is 1. The molecule has 3 heterocycles. The summed E-state index contributed by atoms with van der Waals surface area (Å²) in [6, 6.07) is 4.68. The molecule has 0 bridgehead atoms. The number of aryl methyl sites for hydroxylation is 1. The Morgan fingerprint density at radius 1 is 1.36 bits per heavy atom. The van der Waals surface area contributed by atoms with Gasteiger partial charge in [0.25, 0.3) is 0 Å². The van der Waals surface area contributed by atoms with Crippen LogP contribution >= 0.6 is 0 Å². The molecule has 1 aromatic carbocycles. The molecule has 176 valence electrons. The molecule has 2 aliphatic heterocycles. The standard InChI is InChI=1S/C23H29N5O5/c1-15-8-16(5-6-19(15)33-14-23(2)12-32-13-23)18-9-25-10-20(26-18)28(21(24)29)17-4-3-7-27(11-17)22(30)31/h5-6,8-10,17H,3-4,7,11-14H2,1-2H3,(H2,24,29)(H,30,31)/t17-/m0/s1.